The lowest BCUT2D eigenvalue weighted by molar-refractivity contribution is -0.268. The maximum Gasteiger partial charge on any atom is 0.471 e. The third-order valence-corrected chi connectivity index (χ3v) is 9.29. The number of aromatic carboxylic acids is 1. The van der Waals surface area contributed by atoms with Gasteiger partial charge in [-0.05, 0) is 48.2 Å². The summed E-state index contributed by atoms with van der Waals surface area (Å²) in [4.78, 5) is 37.8. The summed E-state index contributed by atoms with van der Waals surface area (Å²) in [6, 6.07) is 19.4. The molecule has 2 aliphatic rings. The summed E-state index contributed by atoms with van der Waals surface area (Å²) in [5.41, 5.74) is 2.60. The van der Waals surface area contributed by atoms with Crippen LogP contribution in [0.3, 0.4) is 0 Å². The Bertz CT molecular complexity index is 1570. The minimum atomic E-state index is -5.07. The molecule has 3 aromatic carbocycles. The van der Waals surface area contributed by atoms with Crippen LogP contribution in [0.15, 0.2) is 77.7 Å². The molecule has 13 heteroatoms. The van der Waals surface area contributed by atoms with E-state index in [4.69, 9.17) is 9.47 Å². The molecule has 0 aromatic heterocycles. The van der Waals surface area contributed by atoms with Gasteiger partial charge in [0.25, 0.3) is 0 Å². The largest absolute Gasteiger partial charge is 0.478 e. The van der Waals surface area contributed by atoms with Crippen LogP contribution in [0.25, 0.3) is 0 Å². The molecular formula is C33H33F3N2O7S. The molecule has 0 bridgehead atoms. The van der Waals surface area contributed by atoms with Crippen LogP contribution in [0.4, 0.5) is 18.9 Å². The van der Waals surface area contributed by atoms with Crippen molar-refractivity contribution in [1.29, 1.82) is 0 Å². The smallest absolute Gasteiger partial charge is 0.471 e. The van der Waals surface area contributed by atoms with E-state index in [1.807, 2.05) is 19.1 Å². The van der Waals surface area contributed by atoms with Gasteiger partial charge in [0.05, 0.1) is 24.4 Å². The van der Waals surface area contributed by atoms with Crippen molar-refractivity contribution >= 4 is 35.2 Å². The predicted octanol–water partition coefficient (Wildman–Crippen LogP) is 5.95. The number of thioether (sulfide) groups is 1. The van der Waals surface area contributed by atoms with Gasteiger partial charge in [-0.3, -0.25) is 9.59 Å². The van der Waals surface area contributed by atoms with Crippen molar-refractivity contribution in [2.24, 2.45) is 5.92 Å². The van der Waals surface area contributed by atoms with Crippen LogP contribution in [0, 0.1) is 5.92 Å². The number of aliphatic hydroxyl groups excluding tert-OH is 1. The molecule has 0 radical (unpaired) electrons. The van der Waals surface area contributed by atoms with E-state index in [0.29, 0.717) is 26.8 Å². The molecule has 5 rings (SSSR count). The van der Waals surface area contributed by atoms with E-state index in [1.165, 1.54) is 17.8 Å². The molecule has 46 heavy (non-hydrogen) atoms. The van der Waals surface area contributed by atoms with E-state index in [1.54, 1.807) is 54.6 Å². The Morgan fingerprint density at radius 2 is 1.74 bits per heavy atom. The Morgan fingerprint density at radius 3 is 2.43 bits per heavy atom. The van der Waals surface area contributed by atoms with Crippen molar-refractivity contribution in [3.8, 4) is 0 Å². The lowest BCUT2D eigenvalue weighted by Gasteiger charge is -2.41. The molecule has 5 unspecified atom stereocenters. The summed E-state index contributed by atoms with van der Waals surface area (Å²) in [6.45, 7) is 1.70. The number of anilines is 1. The van der Waals surface area contributed by atoms with E-state index in [-0.39, 0.29) is 37.5 Å². The van der Waals surface area contributed by atoms with Crippen LogP contribution in [-0.4, -0.2) is 63.5 Å². The number of carboxylic acids is 1. The first-order valence-corrected chi connectivity index (χ1v) is 15.7. The number of carbonyl (C=O) groups excluding carboxylic acids is 2. The maximum atomic E-state index is 13.1. The number of likely N-dealkylation sites (tertiary alicyclic amines) is 1. The number of hydrogen-bond donors (Lipinski definition) is 3. The SMILES string of the molecule is CC1C(CSc2ccccc2C(=O)O)OC(c2cccc(NC(=O)C3CCCN3C(=O)C(F)(F)F)c2)OC1c1ccc(CO)cc1. The van der Waals surface area contributed by atoms with E-state index >= 15 is 0 Å². The second-order valence-corrected chi connectivity index (χ2v) is 12.3. The van der Waals surface area contributed by atoms with Gasteiger partial charge in [0, 0.05) is 34.4 Å². The van der Waals surface area contributed by atoms with Crippen LogP contribution in [0.1, 0.15) is 59.2 Å². The standard InChI is InChI=1S/C33H33F3N2O7S/c1-19-26(18-46-27-10-3-2-8-24(27)30(41)42)44-31(45-28(19)21-13-11-20(17-39)12-14-21)22-6-4-7-23(16-22)37-29(40)25-9-5-15-38(25)32(43)33(34,35)36/h2-4,6-8,10-14,16,19,25-26,28,31,39H,5,9,15,17-18H2,1H3,(H,37,40)(H,41,42). The van der Waals surface area contributed by atoms with E-state index in [9.17, 15) is 37.8 Å². The first-order valence-electron chi connectivity index (χ1n) is 14.7. The molecule has 0 aliphatic carbocycles. The number of nitrogens with one attached hydrogen (secondary N) is 1. The molecule has 244 valence electrons. The van der Waals surface area contributed by atoms with Crippen LogP contribution < -0.4 is 5.32 Å². The Hall–Kier alpha value is -3.91. The first-order chi connectivity index (χ1) is 22.0. The van der Waals surface area contributed by atoms with Gasteiger partial charge in [-0.1, -0.05) is 55.5 Å². The van der Waals surface area contributed by atoms with Crippen molar-refractivity contribution in [2.75, 3.05) is 17.6 Å². The fourth-order valence-electron chi connectivity index (χ4n) is 5.68. The molecule has 2 aliphatic heterocycles. The minimum absolute atomic E-state index is 0.112. The number of ether oxygens (including phenoxy) is 2. The number of carbonyl (C=O) groups is 3. The Morgan fingerprint density at radius 1 is 1.00 bits per heavy atom. The Balaban J connectivity index is 1.37. The predicted molar refractivity (Wildman–Crippen MR) is 163 cm³/mol. The molecule has 0 spiro atoms. The number of alkyl halides is 3. The second kappa shape index (κ2) is 14.2. The normalized spacial score (nSPS) is 23.2. The van der Waals surface area contributed by atoms with Crippen LogP contribution in [0.2, 0.25) is 0 Å². The first kappa shape index (κ1) is 33.5. The number of carboxylic acid groups (broad SMARTS) is 1. The van der Waals surface area contributed by atoms with Crippen molar-refractivity contribution in [3.05, 3.63) is 95.1 Å². The maximum absolute atomic E-state index is 13.1. The van der Waals surface area contributed by atoms with Crippen molar-refractivity contribution in [1.82, 2.24) is 4.90 Å². The number of aliphatic hydroxyl groups is 1. The third-order valence-electron chi connectivity index (χ3n) is 8.13. The molecule has 3 N–H and O–H groups in total. The lowest BCUT2D eigenvalue weighted by Crippen LogP contribution is -2.48. The molecule has 2 amide bonds. The number of amides is 2. The second-order valence-electron chi connectivity index (χ2n) is 11.2. The highest BCUT2D eigenvalue weighted by molar-refractivity contribution is 7.99. The highest BCUT2D eigenvalue weighted by Crippen LogP contribution is 2.43. The van der Waals surface area contributed by atoms with Gasteiger partial charge < -0.3 is 29.9 Å². The zero-order chi connectivity index (χ0) is 33.0. The fourth-order valence-corrected chi connectivity index (χ4v) is 6.90. The van der Waals surface area contributed by atoms with Crippen molar-refractivity contribution < 1.29 is 47.2 Å². The van der Waals surface area contributed by atoms with Gasteiger partial charge >= 0.3 is 18.1 Å². The topological polar surface area (TPSA) is 125 Å². The zero-order valence-electron chi connectivity index (χ0n) is 24.8. The van der Waals surface area contributed by atoms with Crippen molar-refractivity contribution in [3.63, 3.8) is 0 Å². The number of hydrogen-bond acceptors (Lipinski definition) is 7. The lowest BCUT2D eigenvalue weighted by atomic mass is 9.91. The van der Waals surface area contributed by atoms with Crippen LogP contribution >= 0.6 is 11.8 Å². The molecule has 2 saturated heterocycles. The molecule has 5 atom stereocenters. The van der Waals surface area contributed by atoms with Crippen molar-refractivity contribution in [2.45, 2.75) is 62.0 Å². The summed E-state index contributed by atoms with van der Waals surface area (Å²) >= 11 is 1.35. The van der Waals surface area contributed by atoms with E-state index in [2.05, 4.69) is 5.32 Å². The molecule has 0 saturated carbocycles. The summed E-state index contributed by atoms with van der Waals surface area (Å²) < 4.78 is 52.2. The monoisotopic (exact) mass is 658 g/mol. The van der Waals surface area contributed by atoms with Gasteiger partial charge in [0.1, 0.15) is 6.04 Å². The van der Waals surface area contributed by atoms with Gasteiger partial charge in [-0.2, -0.15) is 13.2 Å². The van der Waals surface area contributed by atoms with Gasteiger partial charge in [-0.15, -0.1) is 11.8 Å². The van der Waals surface area contributed by atoms with E-state index < -0.39 is 48.5 Å². The van der Waals surface area contributed by atoms with Gasteiger partial charge in [-0.25, -0.2) is 4.79 Å². The minimum Gasteiger partial charge on any atom is -0.478 e. The average molecular weight is 659 g/mol. The Labute approximate surface area is 267 Å². The fraction of sp³-hybridized carbons (Fsp3) is 0.364. The van der Waals surface area contributed by atoms with E-state index in [0.717, 1.165) is 11.1 Å². The summed E-state index contributed by atoms with van der Waals surface area (Å²) in [5, 5.41) is 21.8. The molecular weight excluding hydrogens is 625 g/mol. The van der Waals surface area contributed by atoms with Crippen LogP contribution in [0.5, 0.6) is 0 Å². The highest BCUT2D eigenvalue weighted by Gasteiger charge is 2.47. The molecule has 2 heterocycles. The highest BCUT2D eigenvalue weighted by atomic mass is 32.2. The summed E-state index contributed by atoms with van der Waals surface area (Å²) in [5.74, 6) is -3.57. The third kappa shape index (κ3) is 7.55. The number of rotatable bonds is 9. The van der Waals surface area contributed by atoms with Crippen LogP contribution in [-0.2, 0) is 25.7 Å². The summed E-state index contributed by atoms with van der Waals surface area (Å²) in [7, 11) is 0. The number of halogens is 3. The quantitative estimate of drug-likeness (QED) is 0.241. The molecule has 3 aromatic rings. The zero-order valence-corrected chi connectivity index (χ0v) is 25.6. The summed E-state index contributed by atoms with van der Waals surface area (Å²) in [6.07, 6.45) is -6.46. The molecule has 2 fully saturated rings. The molecule has 9 nitrogen and oxygen atoms in total. The average Bonchev–Trinajstić information content (AvgIpc) is 3.54. The number of benzene rings is 3. The van der Waals surface area contributed by atoms with Gasteiger partial charge in [0.2, 0.25) is 5.91 Å². The number of nitrogens with zero attached hydrogens (tertiary/aromatic N) is 1. The Kier molecular flexibility index (Phi) is 10.4. The van der Waals surface area contributed by atoms with Gasteiger partial charge in [0.15, 0.2) is 6.29 Å².